The summed E-state index contributed by atoms with van der Waals surface area (Å²) in [6, 6.07) is 7.54. The van der Waals surface area contributed by atoms with Gasteiger partial charge in [0.2, 0.25) is 0 Å². The molecule has 3 heteroatoms. The van der Waals surface area contributed by atoms with Crippen molar-refractivity contribution in [1.29, 1.82) is 5.26 Å². The van der Waals surface area contributed by atoms with E-state index in [0.717, 1.165) is 5.56 Å². The summed E-state index contributed by atoms with van der Waals surface area (Å²) in [6.07, 6.45) is 3.77. The second-order valence-corrected chi connectivity index (χ2v) is 3.29. The van der Waals surface area contributed by atoms with Crippen LogP contribution in [-0.4, -0.2) is 13.2 Å². The molecule has 0 radical (unpaired) electrons. The van der Waals surface area contributed by atoms with Gasteiger partial charge < -0.3 is 10.5 Å². The van der Waals surface area contributed by atoms with Gasteiger partial charge in [0.25, 0.3) is 0 Å². The third kappa shape index (κ3) is 3.12. The SMILES string of the molecule is COc1ccc(/C=C/C(C)N)cc1C#N. The summed E-state index contributed by atoms with van der Waals surface area (Å²) in [6.45, 7) is 1.89. The van der Waals surface area contributed by atoms with Crippen molar-refractivity contribution in [2.24, 2.45) is 5.73 Å². The molecule has 0 aromatic heterocycles. The van der Waals surface area contributed by atoms with Gasteiger partial charge in [0.05, 0.1) is 12.7 Å². The van der Waals surface area contributed by atoms with Crippen molar-refractivity contribution in [1.82, 2.24) is 0 Å². The van der Waals surface area contributed by atoms with Crippen molar-refractivity contribution in [3.8, 4) is 11.8 Å². The van der Waals surface area contributed by atoms with Gasteiger partial charge in [-0.15, -0.1) is 0 Å². The summed E-state index contributed by atoms with van der Waals surface area (Å²) >= 11 is 0. The number of nitrogens with zero attached hydrogens (tertiary/aromatic N) is 1. The molecule has 0 aliphatic carbocycles. The molecule has 0 aliphatic heterocycles. The minimum Gasteiger partial charge on any atom is -0.495 e. The van der Waals surface area contributed by atoms with Gasteiger partial charge >= 0.3 is 0 Å². The lowest BCUT2D eigenvalue weighted by atomic mass is 10.1. The van der Waals surface area contributed by atoms with Gasteiger partial charge in [-0.05, 0) is 24.6 Å². The molecule has 78 valence electrons. The summed E-state index contributed by atoms with van der Waals surface area (Å²) in [5.74, 6) is 0.593. The van der Waals surface area contributed by atoms with E-state index in [-0.39, 0.29) is 6.04 Å². The molecule has 0 amide bonds. The number of methoxy groups -OCH3 is 1. The molecular formula is C12H14N2O. The Morgan fingerprint density at radius 2 is 2.27 bits per heavy atom. The van der Waals surface area contributed by atoms with E-state index >= 15 is 0 Å². The molecule has 1 aromatic carbocycles. The highest BCUT2D eigenvalue weighted by Gasteiger charge is 2.01. The summed E-state index contributed by atoms with van der Waals surface area (Å²) in [5.41, 5.74) is 7.07. The van der Waals surface area contributed by atoms with Crippen LogP contribution in [0.2, 0.25) is 0 Å². The molecule has 0 fully saturated rings. The number of benzene rings is 1. The first-order valence-electron chi connectivity index (χ1n) is 4.69. The first kappa shape index (κ1) is 11.3. The normalized spacial score (nSPS) is 12.4. The maximum Gasteiger partial charge on any atom is 0.136 e. The first-order valence-corrected chi connectivity index (χ1v) is 4.69. The predicted molar refractivity (Wildman–Crippen MR) is 60.4 cm³/mol. The van der Waals surface area contributed by atoms with E-state index in [4.69, 9.17) is 15.7 Å². The number of hydrogen-bond acceptors (Lipinski definition) is 3. The van der Waals surface area contributed by atoms with Gasteiger partial charge in [0.15, 0.2) is 0 Å². The first-order chi connectivity index (χ1) is 7.17. The Labute approximate surface area is 89.8 Å². The average molecular weight is 202 g/mol. The van der Waals surface area contributed by atoms with Crippen LogP contribution in [0, 0.1) is 11.3 Å². The van der Waals surface area contributed by atoms with Crippen molar-refractivity contribution < 1.29 is 4.74 Å². The Balaban J connectivity index is 2.99. The van der Waals surface area contributed by atoms with Crippen LogP contribution in [0.3, 0.4) is 0 Å². The lowest BCUT2D eigenvalue weighted by molar-refractivity contribution is 0.413. The zero-order chi connectivity index (χ0) is 11.3. The topological polar surface area (TPSA) is 59.0 Å². The molecule has 0 heterocycles. The number of ether oxygens (including phenoxy) is 1. The number of rotatable bonds is 3. The van der Waals surface area contributed by atoms with Crippen LogP contribution in [-0.2, 0) is 0 Å². The standard InChI is InChI=1S/C12H14N2O/c1-9(14)3-4-10-5-6-12(15-2)11(7-10)8-13/h3-7,9H,14H2,1-2H3/b4-3+. The van der Waals surface area contributed by atoms with Gasteiger partial charge in [-0.1, -0.05) is 18.2 Å². The summed E-state index contributed by atoms with van der Waals surface area (Å²) < 4.78 is 5.05. The van der Waals surface area contributed by atoms with Crippen LogP contribution in [0.5, 0.6) is 5.75 Å². The van der Waals surface area contributed by atoms with Crippen LogP contribution in [0.1, 0.15) is 18.1 Å². The van der Waals surface area contributed by atoms with E-state index in [1.165, 1.54) is 0 Å². The van der Waals surface area contributed by atoms with Crippen LogP contribution >= 0.6 is 0 Å². The average Bonchev–Trinajstić information content (AvgIpc) is 2.25. The Bertz CT molecular complexity index is 403. The van der Waals surface area contributed by atoms with Gasteiger partial charge in [-0.3, -0.25) is 0 Å². The lowest BCUT2D eigenvalue weighted by Crippen LogP contribution is -2.09. The fourth-order valence-corrected chi connectivity index (χ4v) is 1.18. The fourth-order valence-electron chi connectivity index (χ4n) is 1.18. The molecule has 0 spiro atoms. The maximum atomic E-state index is 8.87. The van der Waals surface area contributed by atoms with E-state index < -0.39 is 0 Å². The van der Waals surface area contributed by atoms with Crippen molar-refractivity contribution >= 4 is 6.08 Å². The molecule has 0 bridgehead atoms. The Morgan fingerprint density at radius 1 is 1.53 bits per heavy atom. The lowest BCUT2D eigenvalue weighted by Gasteiger charge is -2.03. The third-order valence-corrected chi connectivity index (χ3v) is 1.94. The molecule has 2 N–H and O–H groups in total. The highest BCUT2D eigenvalue weighted by molar-refractivity contribution is 5.56. The molecule has 0 saturated carbocycles. The van der Waals surface area contributed by atoms with Crippen molar-refractivity contribution in [3.63, 3.8) is 0 Å². The van der Waals surface area contributed by atoms with Crippen molar-refractivity contribution in [2.45, 2.75) is 13.0 Å². The minimum atomic E-state index is 0.0117. The molecular weight excluding hydrogens is 188 g/mol. The van der Waals surface area contributed by atoms with E-state index in [2.05, 4.69) is 6.07 Å². The molecule has 1 unspecified atom stereocenters. The predicted octanol–water partition coefficient (Wildman–Crippen LogP) is 1.93. The minimum absolute atomic E-state index is 0.0117. The largest absolute Gasteiger partial charge is 0.495 e. The zero-order valence-corrected chi connectivity index (χ0v) is 8.90. The molecule has 1 atom stereocenters. The second-order valence-electron chi connectivity index (χ2n) is 3.29. The van der Waals surface area contributed by atoms with Crippen LogP contribution < -0.4 is 10.5 Å². The number of hydrogen-bond donors (Lipinski definition) is 1. The fraction of sp³-hybridized carbons (Fsp3) is 0.250. The van der Waals surface area contributed by atoms with Crippen LogP contribution in [0.25, 0.3) is 6.08 Å². The van der Waals surface area contributed by atoms with Crippen LogP contribution in [0.15, 0.2) is 24.3 Å². The smallest absolute Gasteiger partial charge is 0.136 e. The molecule has 3 nitrogen and oxygen atoms in total. The van der Waals surface area contributed by atoms with Crippen LogP contribution in [0.4, 0.5) is 0 Å². The highest BCUT2D eigenvalue weighted by Crippen LogP contribution is 2.19. The summed E-state index contributed by atoms with van der Waals surface area (Å²) in [7, 11) is 1.55. The maximum absolute atomic E-state index is 8.87. The van der Waals surface area contributed by atoms with Crippen molar-refractivity contribution in [2.75, 3.05) is 7.11 Å². The van der Waals surface area contributed by atoms with Gasteiger partial charge in [0, 0.05) is 6.04 Å². The highest BCUT2D eigenvalue weighted by atomic mass is 16.5. The molecule has 0 aliphatic rings. The molecule has 1 aromatic rings. The summed E-state index contributed by atoms with van der Waals surface area (Å²) in [5, 5.41) is 8.87. The Hall–Kier alpha value is -1.79. The van der Waals surface area contributed by atoms with E-state index in [1.807, 2.05) is 25.1 Å². The van der Waals surface area contributed by atoms with E-state index in [0.29, 0.717) is 11.3 Å². The van der Waals surface area contributed by atoms with E-state index in [9.17, 15) is 0 Å². The van der Waals surface area contributed by atoms with Gasteiger partial charge in [0.1, 0.15) is 11.8 Å². The quantitative estimate of drug-likeness (QED) is 0.814. The van der Waals surface area contributed by atoms with Crippen molar-refractivity contribution in [3.05, 3.63) is 35.4 Å². The van der Waals surface area contributed by atoms with Gasteiger partial charge in [-0.25, -0.2) is 0 Å². The second kappa shape index (κ2) is 5.18. The monoisotopic (exact) mass is 202 g/mol. The Kier molecular flexibility index (Phi) is 3.90. The van der Waals surface area contributed by atoms with Gasteiger partial charge in [-0.2, -0.15) is 5.26 Å². The number of nitriles is 1. The molecule has 15 heavy (non-hydrogen) atoms. The number of nitrogens with two attached hydrogens (primary N) is 1. The van der Waals surface area contributed by atoms with E-state index in [1.54, 1.807) is 19.2 Å². The molecule has 1 rings (SSSR count). The third-order valence-electron chi connectivity index (χ3n) is 1.94. The molecule has 0 saturated heterocycles. The zero-order valence-electron chi connectivity index (χ0n) is 8.90. The Morgan fingerprint density at radius 3 is 2.80 bits per heavy atom. The summed E-state index contributed by atoms with van der Waals surface area (Å²) in [4.78, 5) is 0.